The Kier molecular flexibility index (Phi) is 4.83. The summed E-state index contributed by atoms with van der Waals surface area (Å²) in [5, 5.41) is 2.80. The first-order valence-corrected chi connectivity index (χ1v) is 6.71. The van der Waals surface area contributed by atoms with Gasteiger partial charge in [0.15, 0.2) is 11.5 Å². The summed E-state index contributed by atoms with van der Waals surface area (Å²) >= 11 is 0. The second-order valence-corrected chi connectivity index (χ2v) is 4.74. The van der Waals surface area contributed by atoms with Crippen LogP contribution in [0.1, 0.15) is 15.9 Å². The second kappa shape index (κ2) is 6.80. The third-order valence-corrected chi connectivity index (χ3v) is 3.25. The molecule has 2 rings (SSSR count). The predicted octanol–water partition coefficient (Wildman–Crippen LogP) is 1.33. The van der Waals surface area contributed by atoms with Gasteiger partial charge in [-0.15, -0.1) is 0 Å². The van der Waals surface area contributed by atoms with Gasteiger partial charge in [-0.05, 0) is 23.8 Å². The highest BCUT2D eigenvalue weighted by Crippen LogP contribution is 2.27. The average molecular weight is 302 g/mol. The van der Waals surface area contributed by atoms with Gasteiger partial charge in [-0.1, -0.05) is 6.07 Å². The summed E-state index contributed by atoms with van der Waals surface area (Å²) in [5.41, 5.74) is 1.23. The second-order valence-electron chi connectivity index (χ2n) is 4.74. The molecule has 0 aliphatic rings. The summed E-state index contributed by atoms with van der Waals surface area (Å²) in [7, 11) is 4.73. The Balaban J connectivity index is 2.08. The molecule has 0 aliphatic heterocycles. The monoisotopic (exact) mass is 302 g/mol. The fourth-order valence-electron chi connectivity index (χ4n) is 2.02. The topological polar surface area (TPSA) is 69.6 Å². The maximum atomic E-state index is 12.2. The van der Waals surface area contributed by atoms with E-state index in [1.807, 2.05) is 0 Å². The fraction of sp³-hybridized carbons (Fsp3) is 0.250. The summed E-state index contributed by atoms with van der Waals surface area (Å²) in [6.45, 7) is 0.335. The first-order valence-electron chi connectivity index (χ1n) is 6.71. The molecule has 0 unspecified atom stereocenters. The molecule has 1 aromatic carbocycles. The van der Waals surface area contributed by atoms with Gasteiger partial charge in [-0.3, -0.25) is 9.59 Å². The van der Waals surface area contributed by atoms with E-state index in [0.29, 0.717) is 23.6 Å². The standard InChI is InChI=1S/C16H18N2O4/c1-18-10-11(4-7-15(18)19)9-17-16(20)12-5-6-13(21-2)14(8-12)22-3/h4-8,10H,9H2,1-3H3,(H,17,20). The van der Waals surface area contributed by atoms with Crippen LogP contribution in [-0.4, -0.2) is 24.7 Å². The molecule has 0 saturated carbocycles. The maximum absolute atomic E-state index is 12.2. The van der Waals surface area contributed by atoms with E-state index in [1.54, 1.807) is 37.5 Å². The van der Waals surface area contributed by atoms with E-state index in [2.05, 4.69) is 5.32 Å². The zero-order chi connectivity index (χ0) is 16.1. The number of methoxy groups -OCH3 is 2. The van der Waals surface area contributed by atoms with Crippen molar-refractivity contribution in [3.8, 4) is 11.5 Å². The number of nitrogens with zero attached hydrogens (tertiary/aromatic N) is 1. The Labute approximate surface area is 128 Å². The molecule has 1 N–H and O–H groups in total. The van der Waals surface area contributed by atoms with Crippen molar-refractivity contribution in [2.75, 3.05) is 14.2 Å². The van der Waals surface area contributed by atoms with Gasteiger partial charge < -0.3 is 19.4 Å². The van der Waals surface area contributed by atoms with Crippen LogP contribution in [0.25, 0.3) is 0 Å². The zero-order valence-electron chi connectivity index (χ0n) is 12.8. The van der Waals surface area contributed by atoms with Crippen molar-refractivity contribution in [3.05, 3.63) is 58.0 Å². The number of carbonyl (C=O) groups is 1. The van der Waals surface area contributed by atoms with Crippen molar-refractivity contribution in [1.29, 1.82) is 0 Å². The van der Waals surface area contributed by atoms with Crippen LogP contribution in [-0.2, 0) is 13.6 Å². The number of nitrogens with one attached hydrogen (secondary N) is 1. The van der Waals surface area contributed by atoms with Crippen LogP contribution in [0.4, 0.5) is 0 Å². The highest BCUT2D eigenvalue weighted by atomic mass is 16.5. The first kappa shape index (κ1) is 15.6. The number of aryl methyl sites for hydroxylation is 1. The normalized spacial score (nSPS) is 10.1. The molecule has 0 bridgehead atoms. The molecule has 116 valence electrons. The number of ether oxygens (including phenoxy) is 2. The highest BCUT2D eigenvalue weighted by Gasteiger charge is 2.10. The fourth-order valence-corrected chi connectivity index (χ4v) is 2.02. The average Bonchev–Trinajstić information content (AvgIpc) is 2.54. The minimum Gasteiger partial charge on any atom is -0.493 e. The van der Waals surface area contributed by atoms with E-state index < -0.39 is 0 Å². The first-order chi connectivity index (χ1) is 10.5. The molecule has 0 aliphatic carbocycles. The molecule has 2 aromatic rings. The Morgan fingerprint density at radius 3 is 2.50 bits per heavy atom. The Hall–Kier alpha value is -2.76. The number of hydrogen-bond donors (Lipinski definition) is 1. The van der Waals surface area contributed by atoms with Crippen molar-refractivity contribution in [2.24, 2.45) is 7.05 Å². The zero-order valence-corrected chi connectivity index (χ0v) is 12.8. The Morgan fingerprint density at radius 1 is 1.14 bits per heavy atom. The molecule has 6 nitrogen and oxygen atoms in total. The van der Waals surface area contributed by atoms with Gasteiger partial charge in [0.25, 0.3) is 5.91 Å². The van der Waals surface area contributed by atoms with Gasteiger partial charge in [0.05, 0.1) is 14.2 Å². The van der Waals surface area contributed by atoms with Crippen molar-refractivity contribution >= 4 is 5.91 Å². The summed E-state index contributed by atoms with van der Waals surface area (Å²) < 4.78 is 11.8. The van der Waals surface area contributed by atoms with E-state index in [0.717, 1.165) is 5.56 Å². The van der Waals surface area contributed by atoms with Crippen molar-refractivity contribution in [3.63, 3.8) is 0 Å². The molecule has 0 fully saturated rings. The van der Waals surface area contributed by atoms with Crippen LogP contribution in [0, 0.1) is 0 Å². The smallest absolute Gasteiger partial charge is 0.251 e. The summed E-state index contributed by atoms with van der Waals surface area (Å²) in [4.78, 5) is 23.5. The Morgan fingerprint density at radius 2 is 1.86 bits per heavy atom. The largest absolute Gasteiger partial charge is 0.493 e. The number of benzene rings is 1. The Bertz CT molecular complexity index is 737. The van der Waals surface area contributed by atoms with Crippen LogP contribution < -0.4 is 20.3 Å². The van der Waals surface area contributed by atoms with Gasteiger partial charge in [-0.2, -0.15) is 0 Å². The number of hydrogen-bond acceptors (Lipinski definition) is 4. The SMILES string of the molecule is COc1ccc(C(=O)NCc2ccc(=O)n(C)c2)cc1OC. The molecular formula is C16H18N2O4. The molecule has 6 heteroatoms. The quantitative estimate of drug-likeness (QED) is 0.904. The minimum absolute atomic E-state index is 0.0880. The van der Waals surface area contributed by atoms with Crippen LogP contribution in [0.2, 0.25) is 0 Å². The minimum atomic E-state index is -0.227. The number of aromatic nitrogens is 1. The molecule has 1 amide bonds. The van der Waals surface area contributed by atoms with Crippen LogP contribution in [0.3, 0.4) is 0 Å². The van der Waals surface area contributed by atoms with E-state index in [4.69, 9.17) is 9.47 Å². The lowest BCUT2D eigenvalue weighted by Gasteiger charge is -2.10. The molecule has 22 heavy (non-hydrogen) atoms. The third kappa shape index (κ3) is 3.46. The molecular weight excluding hydrogens is 284 g/mol. The van der Waals surface area contributed by atoms with Crippen LogP contribution >= 0.6 is 0 Å². The summed E-state index contributed by atoms with van der Waals surface area (Å²) in [6, 6.07) is 8.13. The number of amides is 1. The van der Waals surface area contributed by atoms with Gasteiger partial charge in [0.2, 0.25) is 5.56 Å². The van der Waals surface area contributed by atoms with Crippen LogP contribution in [0.5, 0.6) is 11.5 Å². The molecule has 1 aromatic heterocycles. The van der Waals surface area contributed by atoms with Crippen LogP contribution in [0.15, 0.2) is 41.3 Å². The number of pyridine rings is 1. The third-order valence-electron chi connectivity index (χ3n) is 3.25. The highest BCUT2D eigenvalue weighted by molar-refractivity contribution is 5.94. The number of carbonyl (C=O) groups excluding carboxylic acids is 1. The van der Waals surface area contributed by atoms with Crippen molar-refractivity contribution in [1.82, 2.24) is 9.88 Å². The van der Waals surface area contributed by atoms with E-state index in [-0.39, 0.29) is 11.5 Å². The summed E-state index contributed by atoms with van der Waals surface area (Å²) in [5.74, 6) is 0.837. The van der Waals surface area contributed by atoms with E-state index >= 15 is 0 Å². The number of rotatable bonds is 5. The molecule has 1 heterocycles. The summed E-state index contributed by atoms with van der Waals surface area (Å²) in [6.07, 6.45) is 1.69. The van der Waals surface area contributed by atoms with Gasteiger partial charge in [0, 0.05) is 31.4 Å². The molecule has 0 saturated heterocycles. The van der Waals surface area contributed by atoms with E-state index in [1.165, 1.54) is 24.9 Å². The van der Waals surface area contributed by atoms with Gasteiger partial charge >= 0.3 is 0 Å². The molecule has 0 spiro atoms. The predicted molar refractivity (Wildman–Crippen MR) is 82.4 cm³/mol. The maximum Gasteiger partial charge on any atom is 0.251 e. The van der Waals surface area contributed by atoms with Crippen molar-refractivity contribution in [2.45, 2.75) is 6.54 Å². The lowest BCUT2D eigenvalue weighted by atomic mass is 10.2. The molecule has 0 atom stereocenters. The lowest BCUT2D eigenvalue weighted by molar-refractivity contribution is 0.0950. The molecule has 0 radical (unpaired) electrons. The lowest BCUT2D eigenvalue weighted by Crippen LogP contribution is -2.24. The van der Waals surface area contributed by atoms with Crippen molar-refractivity contribution < 1.29 is 14.3 Å². The van der Waals surface area contributed by atoms with Gasteiger partial charge in [0.1, 0.15) is 0 Å². The van der Waals surface area contributed by atoms with E-state index in [9.17, 15) is 9.59 Å². The van der Waals surface area contributed by atoms with Gasteiger partial charge in [-0.25, -0.2) is 0 Å².